The minimum absolute atomic E-state index is 0. The molecular weight excluding hydrogens is 323 g/mol. The number of carboxylic acids is 1. The third kappa shape index (κ3) is 6.97. The van der Waals surface area contributed by atoms with E-state index in [1.165, 1.54) is 12.1 Å². The number of carbonyl (C=O) groups excluding carboxylic acids is 1. The van der Waals surface area contributed by atoms with Gasteiger partial charge in [0.2, 0.25) is 5.91 Å². The fraction of sp³-hybridized carbons (Fsp3) is 0.500. The van der Waals surface area contributed by atoms with Crippen LogP contribution in [0.2, 0.25) is 0 Å². The molecule has 0 heterocycles. The number of nitrogens with zero attached hydrogens (tertiary/aromatic N) is 1. The molecule has 130 valence electrons. The number of carboxylic acid groups (broad SMARTS) is 1. The van der Waals surface area contributed by atoms with Crippen LogP contribution in [0.3, 0.4) is 0 Å². The highest BCUT2D eigenvalue weighted by Gasteiger charge is 2.23. The number of nitrogens with one attached hydrogen (secondary N) is 1. The molecular formula is C16H24ClFN2O3. The maximum Gasteiger partial charge on any atom is 0.317 e. The Balaban J connectivity index is 0.00000484. The van der Waals surface area contributed by atoms with Crippen molar-refractivity contribution in [2.75, 3.05) is 13.1 Å². The quantitative estimate of drug-likeness (QED) is 0.759. The lowest BCUT2D eigenvalue weighted by molar-refractivity contribution is -0.139. The van der Waals surface area contributed by atoms with Crippen LogP contribution in [0.1, 0.15) is 38.8 Å². The predicted molar refractivity (Wildman–Crippen MR) is 89.2 cm³/mol. The van der Waals surface area contributed by atoms with Gasteiger partial charge < -0.3 is 10.4 Å². The average molecular weight is 347 g/mol. The van der Waals surface area contributed by atoms with Crippen LogP contribution in [0.4, 0.5) is 4.39 Å². The largest absolute Gasteiger partial charge is 0.480 e. The Bertz CT molecular complexity index is 511. The fourth-order valence-electron chi connectivity index (χ4n) is 2.21. The highest BCUT2D eigenvalue weighted by Crippen LogP contribution is 2.13. The summed E-state index contributed by atoms with van der Waals surface area (Å²) in [6.45, 7) is 5.78. The normalized spacial score (nSPS) is 13.1. The Morgan fingerprint density at radius 3 is 2.30 bits per heavy atom. The third-order valence-corrected chi connectivity index (χ3v) is 3.51. The molecule has 0 aliphatic heterocycles. The lowest BCUT2D eigenvalue weighted by atomic mass is 10.1. The van der Waals surface area contributed by atoms with Crippen LogP contribution in [-0.2, 0) is 9.59 Å². The molecule has 0 spiro atoms. The molecule has 2 N–H and O–H groups in total. The van der Waals surface area contributed by atoms with Crippen molar-refractivity contribution in [3.63, 3.8) is 0 Å². The Morgan fingerprint density at radius 1 is 1.26 bits per heavy atom. The zero-order valence-electron chi connectivity index (χ0n) is 13.6. The molecule has 7 heteroatoms. The second-order valence-electron chi connectivity index (χ2n) is 5.32. The fourth-order valence-corrected chi connectivity index (χ4v) is 2.21. The highest BCUT2D eigenvalue weighted by atomic mass is 35.5. The molecule has 1 aromatic rings. The number of benzene rings is 1. The van der Waals surface area contributed by atoms with Crippen molar-refractivity contribution in [1.29, 1.82) is 0 Å². The zero-order valence-corrected chi connectivity index (χ0v) is 14.4. The average Bonchev–Trinajstić information content (AvgIpc) is 2.46. The summed E-state index contributed by atoms with van der Waals surface area (Å²) in [4.78, 5) is 24.8. The molecule has 0 saturated carbocycles. The number of hydrogen-bond donors (Lipinski definition) is 2. The van der Waals surface area contributed by atoms with Gasteiger partial charge in [-0.05, 0) is 44.5 Å². The minimum atomic E-state index is -0.959. The van der Waals surface area contributed by atoms with Crippen molar-refractivity contribution in [3.05, 3.63) is 35.6 Å². The molecule has 23 heavy (non-hydrogen) atoms. The lowest BCUT2D eigenvalue weighted by Gasteiger charge is -2.27. The molecule has 1 aromatic carbocycles. The van der Waals surface area contributed by atoms with Gasteiger partial charge in [-0.2, -0.15) is 0 Å². The number of hydrogen-bond acceptors (Lipinski definition) is 3. The van der Waals surface area contributed by atoms with E-state index < -0.39 is 12.0 Å². The van der Waals surface area contributed by atoms with E-state index >= 15 is 0 Å². The molecule has 0 aromatic heterocycles. The van der Waals surface area contributed by atoms with E-state index in [1.54, 1.807) is 30.9 Å². The van der Waals surface area contributed by atoms with E-state index in [1.807, 2.05) is 6.92 Å². The maximum absolute atomic E-state index is 12.9. The highest BCUT2D eigenvalue weighted by molar-refractivity contribution is 5.85. The van der Waals surface area contributed by atoms with Gasteiger partial charge in [0.1, 0.15) is 5.82 Å². The Kier molecular flexibility index (Phi) is 9.44. The van der Waals surface area contributed by atoms with Crippen LogP contribution in [0.15, 0.2) is 24.3 Å². The summed E-state index contributed by atoms with van der Waals surface area (Å²) in [6, 6.07) is 5.10. The first-order chi connectivity index (χ1) is 10.3. The van der Waals surface area contributed by atoms with Gasteiger partial charge in [0, 0.05) is 0 Å². The Hall–Kier alpha value is -1.66. The monoisotopic (exact) mass is 346 g/mol. The van der Waals surface area contributed by atoms with E-state index in [0.717, 1.165) is 12.0 Å². The molecule has 1 rings (SSSR count). The molecule has 0 aliphatic carbocycles. The Labute approximate surface area is 142 Å². The van der Waals surface area contributed by atoms with E-state index in [2.05, 4.69) is 5.32 Å². The van der Waals surface area contributed by atoms with Crippen LogP contribution < -0.4 is 5.32 Å². The number of aliphatic carboxylic acids is 1. The van der Waals surface area contributed by atoms with Crippen molar-refractivity contribution < 1.29 is 19.1 Å². The number of halogens is 2. The summed E-state index contributed by atoms with van der Waals surface area (Å²) >= 11 is 0. The summed E-state index contributed by atoms with van der Waals surface area (Å²) in [5.74, 6) is -1.53. The van der Waals surface area contributed by atoms with Crippen LogP contribution >= 0.6 is 12.4 Å². The van der Waals surface area contributed by atoms with Gasteiger partial charge in [-0.1, -0.05) is 19.1 Å². The smallest absolute Gasteiger partial charge is 0.317 e. The number of carbonyl (C=O) groups is 2. The molecule has 2 unspecified atom stereocenters. The first kappa shape index (κ1) is 21.3. The van der Waals surface area contributed by atoms with E-state index in [-0.39, 0.29) is 36.7 Å². The molecule has 2 atom stereocenters. The predicted octanol–water partition coefficient (Wildman–Crippen LogP) is 2.61. The summed E-state index contributed by atoms with van der Waals surface area (Å²) in [7, 11) is 0. The molecule has 5 nitrogen and oxygen atoms in total. The molecule has 0 bridgehead atoms. The first-order valence-corrected chi connectivity index (χ1v) is 7.36. The van der Waals surface area contributed by atoms with Gasteiger partial charge in [0.05, 0.1) is 18.6 Å². The van der Waals surface area contributed by atoms with Gasteiger partial charge >= 0.3 is 5.97 Å². The zero-order chi connectivity index (χ0) is 16.7. The van der Waals surface area contributed by atoms with Crippen molar-refractivity contribution >= 4 is 24.3 Å². The van der Waals surface area contributed by atoms with Gasteiger partial charge in [-0.15, -0.1) is 12.4 Å². The maximum atomic E-state index is 12.9. The summed E-state index contributed by atoms with van der Waals surface area (Å²) in [5, 5.41) is 11.7. The van der Waals surface area contributed by atoms with Gasteiger partial charge in [-0.3, -0.25) is 14.5 Å². The number of rotatable bonds is 8. The van der Waals surface area contributed by atoms with E-state index in [4.69, 9.17) is 5.11 Å². The van der Waals surface area contributed by atoms with Crippen LogP contribution in [0.5, 0.6) is 0 Å². The number of amides is 1. The summed E-state index contributed by atoms with van der Waals surface area (Å²) < 4.78 is 12.9. The van der Waals surface area contributed by atoms with Crippen LogP contribution in [0, 0.1) is 5.82 Å². The van der Waals surface area contributed by atoms with E-state index in [9.17, 15) is 14.0 Å². The van der Waals surface area contributed by atoms with Gasteiger partial charge in [-0.25, -0.2) is 4.39 Å². The second-order valence-corrected chi connectivity index (χ2v) is 5.32. The lowest BCUT2D eigenvalue weighted by Crippen LogP contribution is -2.47. The molecule has 0 fully saturated rings. The topological polar surface area (TPSA) is 69.6 Å². The van der Waals surface area contributed by atoms with Gasteiger partial charge in [0.25, 0.3) is 0 Å². The molecule has 0 aliphatic rings. The van der Waals surface area contributed by atoms with E-state index in [0.29, 0.717) is 6.54 Å². The molecule has 1 amide bonds. The Morgan fingerprint density at radius 2 is 1.83 bits per heavy atom. The SMILES string of the molecule is CCCN(CC(=O)O)C(C)C(=O)NC(C)c1ccc(F)cc1.Cl. The van der Waals surface area contributed by atoms with Gasteiger partial charge in [0.15, 0.2) is 0 Å². The minimum Gasteiger partial charge on any atom is -0.480 e. The second kappa shape index (κ2) is 10.2. The van der Waals surface area contributed by atoms with Crippen LogP contribution in [-0.4, -0.2) is 41.0 Å². The van der Waals surface area contributed by atoms with Crippen molar-refractivity contribution in [3.8, 4) is 0 Å². The molecule has 0 radical (unpaired) electrons. The summed E-state index contributed by atoms with van der Waals surface area (Å²) in [6.07, 6.45) is 0.762. The standard InChI is InChI=1S/C16H23FN2O3.ClH/c1-4-9-19(10-15(20)21)12(3)16(22)18-11(2)13-5-7-14(17)8-6-13;/h5-8,11-12H,4,9-10H2,1-3H3,(H,18,22)(H,20,21);1H. The van der Waals surface area contributed by atoms with Crippen LogP contribution in [0.25, 0.3) is 0 Å². The first-order valence-electron chi connectivity index (χ1n) is 7.36. The van der Waals surface area contributed by atoms with Crippen molar-refractivity contribution in [2.45, 2.75) is 39.3 Å². The van der Waals surface area contributed by atoms with Crippen molar-refractivity contribution in [2.24, 2.45) is 0 Å². The summed E-state index contributed by atoms with van der Waals surface area (Å²) in [5.41, 5.74) is 0.794. The van der Waals surface area contributed by atoms with Crippen molar-refractivity contribution in [1.82, 2.24) is 10.2 Å². The molecule has 0 saturated heterocycles. The third-order valence-electron chi connectivity index (χ3n) is 3.51.